The van der Waals surface area contributed by atoms with Gasteiger partial charge in [-0.1, -0.05) is 60.7 Å². The molecular formula is C44H36N4O6. The van der Waals surface area contributed by atoms with E-state index in [-0.39, 0.29) is 29.5 Å². The molecule has 2 heterocycles. The predicted octanol–water partition coefficient (Wildman–Crippen LogP) is 9.95. The van der Waals surface area contributed by atoms with Crippen LogP contribution in [0.15, 0.2) is 149 Å². The number of fused-ring (bicyclic) bond motifs is 2. The van der Waals surface area contributed by atoms with Gasteiger partial charge < -0.3 is 24.8 Å². The van der Waals surface area contributed by atoms with Gasteiger partial charge >= 0.3 is 0 Å². The van der Waals surface area contributed by atoms with Crippen molar-refractivity contribution in [3.63, 3.8) is 0 Å². The number of phenolic OH excluding ortho intramolecular Hbond substituents is 2. The van der Waals surface area contributed by atoms with E-state index >= 15 is 0 Å². The van der Waals surface area contributed by atoms with Gasteiger partial charge in [-0.3, -0.25) is 4.79 Å². The molecule has 0 radical (unpaired) electrons. The van der Waals surface area contributed by atoms with Crippen molar-refractivity contribution >= 4 is 33.9 Å². The van der Waals surface area contributed by atoms with Crippen LogP contribution in [0.5, 0.6) is 11.5 Å². The second-order valence-corrected chi connectivity index (χ2v) is 11.3. The summed E-state index contributed by atoms with van der Waals surface area (Å²) in [5, 5.41) is 47.9. The zero-order valence-corrected chi connectivity index (χ0v) is 30.0. The number of aliphatic hydroxyl groups excluding tert-OH is 1. The Morgan fingerprint density at radius 1 is 0.667 bits per heavy atom. The van der Waals surface area contributed by atoms with E-state index in [4.69, 9.17) is 38.2 Å². The lowest BCUT2D eigenvalue weighted by Crippen LogP contribution is -1.96. The largest absolute Gasteiger partial charge is 0.507 e. The number of aliphatic hydroxyl groups is 1. The van der Waals surface area contributed by atoms with Crippen LogP contribution in [0.25, 0.3) is 37.3 Å². The highest BCUT2D eigenvalue weighted by Crippen LogP contribution is 2.30. The topological polar surface area (TPSA) is 153 Å². The first-order valence-electron chi connectivity index (χ1n) is 16.3. The van der Waals surface area contributed by atoms with Crippen LogP contribution in [-0.2, 0) is 9.47 Å². The second-order valence-electron chi connectivity index (χ2n) is 11.3. The normalized spacial score (nSPS) is 13.6. The van der Waals surface area contributed by atoms with Crippen LogP contribution in [-0.4, -0.2) is 28.2 Å². The number of aromatic hydroxyl groups is 2. The minimum Gasteiger partial charge on any atom is -0.507 e. The predicted molar refractivity (Wildman–Crippen MR) is 208 cm³/mol. The third kappa shape index (κ3) is 10.9. The van der Waals surface area contributed by atoms with E-state index in [2.05, 4.69) is 9.69 Å². The number of ether oxygens (including phenoxy) is 2. The first kappa shape index (κ1) is 40.8. The Morgan fingerprint density at radius 2 is 1.07 bits per heavy atom. The lowest BCUT2D eigenvalue weighted by atomic mass is 10.0. The Morgan fingerprint density at radius 3 is 1.52 bits per heavy atom. The summed E-state index contributed by atoms with van der Waals surface area (Å²) in [6.45, 7) is 21.1. The number of nitriles is 2. The molecule has 0 saturated heterocycles. The van der Waals surface area contributed by atoms with Gasteiger partial charge in [-0.05, 0) is 104 Å². The molecule has 0 saturated carbocycles. The van der Waals surface area contributed by atoms with Crippen molar-refractivity contribution in [1.82, 2.24) is 0 Å². The fourth-order valence-electron chi connectivity index (χ4n) is 5.15. The molecule has 0 amide bonds. The lowest BCUT2D eigenvalue weighted by molar-refractivity contribution is 0.112. The van der Waals surface area contributed by atoms with Gasteiger partial charge in [0.25, 0.3) is 11.4 Å². The maximum Gasteiger partial charge on any atom is 0.269 e. The minimum absolute atomic E-state index is 0.0311. The number of carbonyl (C=O) groups is 1. The number of benzene rings is 4. The Balaban J connectivity index is 0.000000228. The molecule has 6 rings (SSSR count). The van der Waals surface area contributed by atoms with Crippen molar-refractivity contribution in [3.05, 3.63) is 183 Å². The Labute approximate surface area is 314 Å². The number of carbonyl (C=O) groups excluding carboxylic acids is 1. The number of rotatable bonds is 3. The summed E-state index contributed by atoms with van der Waals surface area (Å²) in [5.41, 5.74) is 2.83. The van der Waals surface area contributed by atoms with Crippen molar-refractivity contribution in [3.8, 4) is 23.6 Å². The maximum absolute atomic E-state index is 10.7. The molecule has 4 aromatic carbocycles. The van der Waals surface area contributed by atoms with Crippen molar-refractivity contribution < 1.29 is 29.6 Å². The number of aldehydes is 1. The molecule has 10 nitrogen and oxygen atoms in total. The summed E-state index contributed by atoms with van der Waals surface area (Å²) in [5.74, 6) is 3.01. The van der Waals surface area contributed by atoms with Gasteiger partial charge in [0.15, 0.2) is 6.29 Å². The van der Waals surface area contributed by atoms with Gasteiger partial charge in [0.1, 0.15) is 23.0 Å². The van der Waals surface area contributed by atoms with Crippen LogP contribution in [0.1, 0.15) is 43.6 Å². The molecule has 268 valence electrons. The molecule has 2 aliphatic rings. The minimum atomic E-state index is 0.0311. The number of hydrogen-bond donors (Lipinski definition) is 3. The summed E-state index contributed by atoms with van der Waals surface area (Å²) >= 11 is 0. The van der Waals surface area contributed by atoms with Crippen LogP contribution in [0.3, 0.4) is 0 Å². The number of phenols is 2. The highest BCUT2D eigenvalue weighted by Gasteiger charge is 2.11. The molecule has 2 aliphatic heterocycles. The van der Waals surface area contributed by atoms with E-state index in [1.807, 2.05) is 66.7 Å². The summed E-state index contributed by atoms with van der Waals surface area (Å²) in [7, 11) is 0. The number of allylic oxidation sites excluding steroid dienone is 12. The second kappa shape index (κ2) is 20.3. The van der Waals surface area contributed by atoms with Gasteiger partial charge in [0, 0.05) is 22.9 Å². The fraction of sp³-hybridized carbons (Fsp3) is 0.114. The van der Waals surface area contributed by atoms with Gasteiger partial charge in [-0.25, -0.2) is 20.2 Å². The van der Waals surface area contributed by atoms with Gasteiger partial charge in [0.2, 0.25) is 0 Å². The van der Waals surface area contributed by atoms with Crippen molar-refractivity contribution in [2.75, 3.05) is 6.61 Å². The van der Waals surface area contributed by atoms with Crippen molar-refractivity contribution in [2.45, 2.75) is 27.7 Å². The smallest absolute Gasteiger partial charge is 0.269 e. The molecule has 0 spiro atoms. The van der Waals surface area contributed by atoms with E-state index in [1.54, 1.807) is 76.3 Å². The monoisotopic (exact) mass is 716 g/mol. The Bertz CT molecular complexity index is 2400. The zero-order chi connectivity index (χ0) is 39.6. The van der Waals surface area contributed by atoms with Crippen LogP contribution in [0.4, 0.5) is 0 Å². The van der Waals surface area contributed by atoms with E-state index in [1.165, 1.54) is 6.07 Å². The molecule has 10 heteroatoms. The Kier molecular flexibility index (Phi) is 15.3. The Hall–Kier alpha value is -7.63. The van der Waals surface area contributed by atoms with Crippen molar-refractivity contribution in [1.29, 1.82) is 10.5 Å². The molecule has 0 atom stereocenters. The van der Waals surface area contributed by atoms with E-state index in [0.29, 0.717) is 45.1 Å². The summed E-state index contributed by atoms with van der Waals surface area (Å²) < 4.78 is 10.9. The number of nitrogens with zero attached hydrogens (tertiary/aromatic N) is 4. The van der Waals surface area contributed by atoms with Crippen molar-refractivity contribution in [2.24, 2.45) is 0 Å². The summed E-state index contributed by atoms with van der Waals surface area (Å²) in [6, 6.07) is 25.2. The van der Waals surface area contributed by atoms with E-state index in [9.17, 15) is 15.0 Å². The third-order valence-electron chi connectivity index (χ3n) is 7.38. The molecular weight excluding hydrogens is 681 g/mol. The van der Waals surface area contributed by atoms with Crippen LogP contribution in [0, 0.1) is 35.8 Å². The molecule has 0 aromatic heterocycles. The molecule has 0 aliphatic carbocycles. The highest BCUT2D eigenvalue weighted by molar-refractivity contribution is 6.00. The van der Waals surface area contributed by atoms with Gasteiger partial charge in [0.05, 0.1) is 36.8 Å². The summed E-state index contributed by atoms with van der Waals surface area (Å²) in [4.78, 5) is 17.0. The van der Waals surface area contributed by atoms with Gasteiger partial charge in [-0.2, -0.15) is 0 Å². The fourth-order valence-corrected chi connectivity index (χ4v) is 5.15. The molecule has 0 unspecified atom stereocenters. The molecule has 3 N–H and O–H groups in total. The third-order valence-corrected chi connectivity index (χ3v) is 7.38. The first-order chi connectivity index (χ1) is 26.0. The number of hydrogen-bond acceptors (Lipinski definition) is 8. The lowest BCUT2D eigenvalue weighted by Gasteiger charge is -2.13. The maximum atomic E-state index is 10.7. The molecule has 54 heavy (non-hydrogen) atoms. The summed E-state index contributed by atoms with van der Waals surface area (Å²) in [6.07, 6.45) is 11.2. The van der Waals surface area contributed by atoms with E-state index < -0.39 is 0 Å². The van der Waals surface area contributed by atoms with Gasteiger partial charge in [-0.15, -0.1) is 0 Å². The van der Waals surface area contributed by atoms with E-state index in [0.717, 1.165) is 28.0 Å². The highest BCUT2D eigenvalue weighted by atomic mass is 16.5. The van der Waals surface area contributed by atoms with Crippen LogP contribution < -0.4 is 0 Å². The van der Waals surface area contributed by atoms with Crippen LogP contribution in [0.2, 0.25) is 0 Å². The standard InChI is InChI=1S/C21H14N2O2.C11H8O2.C10H8N2O.C2H6O/c1-14-11-16(20(13-22)23-2)12-17(25-14)9-7-15-8-10-21(24)19-6-4-3-5-18(15)19;12-7-8-5-6-11(13)10-4-2-1-3-9(8)10;1-7-4-9(5-8(2)13-7)10(6-11)12-3;1-2-3/h3-12,24H,1H3;1-7,13H;4-5H,1-2H3;3H,2H2,1H3/b9-7+,20-16+;;;. The average Bonchev–Trinajstić information content (AvgIpc) is 3.16. The average molecular weight is 717 g/mol. The zero-order valence-electron chi connectivity index (χ0n) is 30.0. The first-order valence-corrected chi connectivity index (χ1v) is 16.3. The SMILES string of the molecule is CCO.O=Cc1ccc(O)c2ccccc12.[C-]#[N+]/C(C#N)=C1\C=C(C)OC(/C=C/c2ccc(O)c3ccccc23)=C1.[C-]#[N+]C(C#N)=C1C=C(C)OC(C)=C1. The molecule has 0 fully saturated rings. The molecule has 4 aromatic rings. The van der Waals surface area contributed by atoms with Crippen LogP contribution >= 0.6 is 0 Å². The molecule has 0 bridgehead atoms. The quantitative estimate of drug-likeness (QED) is 0.108.